The zero-order valence-corrected chi connectivity index (χ0v) is 10.7. The van der Waals surface area contributed by atoms with Crippen molar-refractivity contribution in [3.63, 3.8) is 0 Å². The van der Waals surface area contributed by atoms with Crippen LogP contribution in [0.5, 0.6) is 0 Å². The highest BCUT2D eigenvalue weighted by molar-refractivity contribution is 9.09. The lowest BCUT2D eigenvalue weighted by molar-refractivity contribution is 0.686. The lowest BCUT2D eigenvalue weighted by Gasteiger charge is -2.00. The first kappa shape index (κ1) is 11.4. The van der Waals surface area contributed by atoms with E-state index in [2.05, 4.69) is 51.5 Å². The summed E-state index contributed by atoms with van der Waals surface area (Å²) in [6.07, 6.45) is 6.36. The molecule has 0 amide bonds. The van der Waals surface area contributed by atoms with Crippen LogP contribution >= 0.6 is 15.9 Å². The van der Waals surface area contributed by atoms with Gasteiger partial charge in [-0.15, -0.1) is 0 Å². The monoisotopic (exact) mass is 278 g/mol. The van der Waals surface area contributed by atoms with E-state index in [4.69, 9.17) is 0 Å². The van der Waals surface area contributed by atoms with Crippen LogP contribution in [0.25, 0.3) is 0 Å². The average Bonchev–Trinajstić information content (AvgIpc) is 2.75. The van der Waals surface area contributed by atoms with Gasteiger partial charge in [0.05, 0.1) is 12.7 Å². The van der Waals surface area contributed by atoms with Crippen molar-refractivity contribution >= 4 is 15.9 Å². The van der Waals surface area contributed by atoms with Gasteiger partial charge in [0, 0.05) is 11.5 Å². The van der Waals surface area contributed by atoms with Crippen molar-refractivity contribution in [1.29, 1.82) is 0 Å². The molecule has 1 heterocycles. The van der Waals surface area contributed by atoms with Crippen LogP contribution in [0.1, 0.15) is 17.5 Å². The second-order valence-electron chi connectivity index (χ2n) is 3.82. The van der Waals surface area contributed by atoms with E-state index < -0.39 is 0 Å². The van der Waals surface area contributed by atoms with Crippen molar-refractivity contribution in [3.05, 3.63) is 53.9 Å². The largest absolute Gasteiger partial charge is 0.268 e. The lowest BCUT2D eigenvalue weighted by Crippen LogP contribution is -1.99. The van der Waals surface area contributed by atoms with Gasteiger partial charge < -0.3 is 0 Å². The van der Waals surface area contributed by atoms with Crippen molar-refractivity contribution in [1.82, 2.24) is 9.78 Å². The zero-order valence-electron chi connectivity index (χ0n) is 9.14. The van der Waals surface area contributed by atoms with Crippen molar-refractivity contribution in [2.24, 2.45) is 0 Å². The quantitative estimate of drug-likeness (QED) is 0.768. The summed E-state index contributed by atoms with van der Waals surface area (Å²) in [6.45, 7) is 0.856. The number of aryl methyl sites for hydroxylation is 1. The molecule has 1 aromatic heterocycles. The summed E-state index contributed by atoms with van der Waals surface area (Å²) >= 11 is 3.44. The number of aromatic nitrogens is 2. The van der Waals surface area contributed by atoms with Crippen LogP contribution < -0.4 is 0 Å². The minimum Gasteiger partial charge on any atom is -0.268 e. The van der Waals surface area contributed by atoms with Gasteiger partial charge in [-0.05, 0) is 24.0 Å². The van der Waals surface area contributed by atoms with E-state index in [1.165, 1.54) is 11.1 Å². The highest BCUT2D eigenvalue weighted by Crippen LogP contribution is 2.06. The molecule has 2 aromatic rings. The second-order valence-corrected chi connectivity index (χ2v) is 4.62. The molecular weight excluding hydrogens is 264 g/mol. The highest BCUT2D eigenvalue weighted by atomic mass is 79.9. The number of alkyl halides is 1. The zero-order chi connectivity index (χ0) is 11.2. The van der Waals surface area contributed by atoms with E-state index in [0.29, 0.717) is 0 Å². The van der Waals surface area contributed by atoms with Gasteiger partial charge in [-0.3, -0.25) is 4.68 Å². The van der Waals surface area contributed by atoms with Gasteiger partial charge in [0.15, 0.2) is 0 Å². The molecule has 3 heteroatoms. The Kier molecular flexibility index (Phi) is 4.17. The Bertz CT molecular complexity index is 423. The van der Waals surface area contributed by atoms with Crippen molar-refractivity contribution in [3.8, 4) is 0 Å². The SMILES string of the molecule is BrCCCc1cnn(Cc2ccccc2)c1. The summed E-state index contributed by atoms with van der Waals surface area (Å²) in [5, 5.41) is 5.42. The fourth-order valence-corrected chi connectivity index (χ4v) is 1.94. The number of halogens is 1. The Labute approximate surface area is 104 Å². The summed E-state index contributed by atoms with van der Waals surface area (Å²) in [7, 11) is 0. The fourth-order valence-electron chi connectivity index (χ4n) is 1.66. The van der Waals surface area contributed by atoms with Crippen molar-refractivity contribution < 1.29 is 0 Å². The van der Waals surface area contributed by atoms with E-state index in [0.717, 1.165) is 24.7 Å². The molecule has 0 atom stereocenters. The molecule has 0 aliphatic heterocycles. The van der Waals surface area contributed by atoms with Crippen molar-refractivity contribution in [2.75, 3.05) is 5.33 Å². The molecule has 0 N–H and O–H groups in total. The number of nitrogens with zero attached hydrogens (tertiary/aromatic N) is 2. The van der Waals surface area contributed by atoms with Crippen LogP contribution in [0.3, 0.4) is 0 Å². The van der Waals surface area contributed by atoms with Crippen LogP contribution in [0.2, 0.25) is 0 Å². The topological polar surface area (TPSA) is 17.8 Å². The van der Waals surface area contributed by atoms with Crippen LogP contribution in [-0.2, 0) is 13.0 Å². The van der Waals surface area contributed by atoms with Crippen LogP contribution in [0, 0.1) is 0 Å². The van der Waals surface area contributed by atoms with E-state index in [1.807, 2.05) is 16.9 Å². The average molecular weight is 279 g/mol. The molecule has 0 aliphatic carbocycles. The Morgan fingerprint density at radius 1 is 1.12 bits per heavy atom. The number of rotatable bonds is 5. The molecule has 0 fully saturated rings. The summed E-state index contributed by atoms with van der Waals surface area (Å²) in [5.41, 5.74) is 2.60. The predicted octanol–water partition coefficient (Wildman–Crippen LogP) is 3.26. The van der Waals surface area contributed by atoms with Gasteiger partial charge in [-0.2, -0.15) is 5.10 Å². The fraction of sp³-hybridized carbons (Fsp3) is 0.308. The van der Waals surface area contributed by atoms with E-state index in [9.17, 15) is 0 Å². The number of hydrogen-bond donors (Lipinski definition) is 0. The first-order chi connectivity index (χ1) is 7.88. The predicted molar refractivity (Wildman–Crippen MR) is 69.9 cm³/mol. The lowest BCUT2D eigenvalue weighted by atomic mass is 10.2. The molecule has 2 rings (SSSR count). The van der Waals surface area contributed by atoms with Crippen LogP contribution in [0.4, 0.5) is 0 Å². The van der Waals surface area contributed by atoms with E-state index in [-0.39, 0.29) is 0 Å². The molecule has 0 unspecified atom stereocenters. The molecule has 16 heavy (non-hydrogen) atoms. The molecule has 0 radical (unpaired) electrons. The minimum atomic E-state index is 0.856. The summed E-state index contributed by atoms with van der Waals surface area (Å²) in [5.74, 6) is 0. The Balaban J connectivity index is 1.97. The molecule has 2 nitrogen and oxygen atoms in total. The maximum Gasteiger partial charge on any atom is 0.0659 e. The van der Waals surface area contributed by atoms with Gasteiger partial charge in [0.25, 0.3) is 0 Å². The maximum atomic E-state index is 4.37. The van der Waals surface area contributed by atoms with Gasteiger partial charge >= 0.3 is 0 Å². The van der Waals surface area contributed by atoms with Gasteiger partial charge in [0.2, 0.25) is 0 Å². The molecule has 0 aliphatic rings. The molecule has 0 saturated carbocycles. The van der Waals surface area contributed by atoms with Crippen LogP contribution in [-0.4, -0.2) is 15.1 Å². The van der Waals surface area contributed by atoms with E-state index in [1.54, 1.807) is 0 Å². The smallest absolute Gasteiger partial charge is 0.0659 e. The van der Waals surface area contributed by atoms with Gasteiger partial charge in [0.1, 0.15) is 0 Å². The Morgan fingerprint density at radius 2 is 1.94 bits per heavy atom. The Hall–Kier alpha value is -1.09. The van der Waals surface area contributed by atoms with Gasteiger partial charge in [-0.25, -0.2) is 0 Å². The number of hydrogen-bond acceptors (Lipinski definition) is 1. The molecule has 1 aromatic carbocycles. The van der Waals surface area contributed by atoms with Crippen molar-refractivity contribution in [2.45, 2.75) is 19.4 Å². The van der Waals surface area contributed by atoms with E-state index >= 15 is 0 Å². The molecule has 0 spiro atoms. The summed E-state index contributed by atoms with van der Waals surface area (Å²) in [6, 6.07) is 10.4. The first-order valence-corrected chi connectivity index (χ1v) is 6.62. The number of benzene rings is 1. The normalized spacial score (nSPS) is 10.6. The third-order valence-corrected chi connectivity index (χ3v) is 3.03. The highest BCUT2D eigenvalue weighted by Gasteiger charge is 1.99. The Morgan fingerprint density at radius 3 is 2.69 bits per heavy atom. The van der Waals surface area contributed by atoms with Gasteiger partial charge in [-0.1, -0.05) is 46.3 Å². The third-order valence-electron chi connectivity index (χ3n) is 2.47. The molecule has 84 valence electrons. The maximum absolute atomic E-state index is 4.37. The molecular formula is C13H15BrN2. The summed E-state index contributed by atoms with van der Waals surface area (Å²) in [4.78, 5) is 0. The summed E-state index contributed by atoms with van der Waals surface area (Å²) < 4.78 is 2.00. The first-order valence-electron chi connectivity index (χ1n) is 5.50. The third kappa shape index (κ3) is 3.20. The molecule has 0 bridgehead atoms. The minimum absolute atomic E-state index is 0.856. The molecule has 0 saturated heterocycles. The standard InChI is InChI=1S/C13H15BrN2/c14-8-4-7-13-9-15-16(11-13)10-12-5-2-1-3-6-12/h1-3,5-6,9,11H,4,7-8,10H2. The second kappa shape index (κ2) is 5.85. The van der Waals surface area contributed by atoms with Crippen LogP contribution in [0.15, 0.2) is 42.7 Å².